The van der Waals surface area contributed by atoms with E-state index < -0.39 is 6.09 Å². The van der Waals surface area contributed by atoms with Crippen molar-refractivity contribution in [3.8, 4) is 0 Å². The standard InChI is InChI=1S/C24H49NO5/c1-4-5-6-7-8-9-10-11-12-13-14-15-17-29-21-23(2)22-30-24(26)25-16-18-28-20-19-27-3/h23H,4-22H2,1-3H3,(H,25,26). The highest BCUT2D eigenvalue weighted by Gasteiger charge is 2.07. The van der Waals surface area contributed by atoms with Crippen LogP contribution in [-0.2, 0) is 18.9 Å². The van der Waals surface area contributed by atoms with Gasteiger partial charge in [0.25, 0.3) is 0 Å². The van der Waals surface area contributed by atoms with E-state index in [2.05, 4.69) is 12.2 Å². The Morgan fingerprint density at radius 1 is 0.733 bits per heavy atom. The molecule has 1 atom stereocenters. The molecule has 0 heterocycles. The lowest BCUT2D eigenvalue weighted by Gasteiger charge is -2.13. The van der Waals surface area contributed by atoms with Crippen LogP contribution in [0.25, 0.3) is 0 Å². The fraction of sp³-hybridized carbons (Fsp3) is 0.958. The number of alkyl carbamates (subject to hydrolysis) is 1. The normalized spacial score (nSPS) is 12.1. The number of rotatable bonds is 23. The van der Waals surface area contributed by atoms with Crippen molar-refractivity contribution in [2.75, 3.05) is 53.3 Å². The molecule has 0 aliphatic rings. The summed E-state index contributed by atoms with van der Waals surface area (Å²) in [5.41, 5.74) is 0. The zero-order valence-corrected chi connectivity index (χ0v) is 20.1. The number of carbonyl (C=O) groups is 1. The van der Waals surface area contributed by atoms with Crippen LogP contribution < -0.4 is 5.32 Å². The second-order valence-electron chi connectivity index (χ2n) is 8.20. The third-order valence-corrected chi connectivity index (χ3v) is 4.99. The fourth-order valence-electron chi connectivity index (χ4n) is 3.12. The molecule has 1 N–H and O–H groups in total. The highest BCUT2D eigenvalue weighted by molar-refractivity contribution is 5.67. The monoisotopic (exact) mass is 431 g/mol. The van der Waals surface area contributed by atoms with E-state index in [0.717, 1.165) is 13.0 Å². The van der Waals surface area contributed by atoms with Gasteiger partial charge >= 0.3 is 6.09 Å². The third-order valence-electron chi connectivity index (χ3n) is 4.99. The Labute approximate surface area is 185 Å². The fourth-order valence-corrected chi connectivity index (χ4v) is 3.12. The van der Waals surface area contributed by atoms with Crippen LogP contribution in [-0.4, -0.2) is 59.4 Å². The Morgan fingerprint density at radius 2 is 1.33 bits per heavy atom. The van der Waals surface area contributed by atoms with Gasteiger partial charge in [-0.05, 0) is 6.42 Å². The van der Waals surface area contributed by atoms with Crippen LogP contribution in [0.1, 0.15) is 90.9 Å². The lowest BCUT2D eigenvalue weighted by Crippen LogP contribution is -2.30. The predicted octanol–water partition coefficient (Wildman–Crippen LogP) is 5.73. The number of nitrogens with one attached hydrogen (secondary N) is 1. The van der Waals surface area contributed by atoms with Crippen molar-refractivity contribution in [3.63, 3.8) is 0 Å². The maximum Gasteiger partial charge on any atom is 0.407 e. The van der Waals surface area contributed by atoms with Gasteiger partial charge in [-0.1, -0.05) is 84.5 Å². The van der Waals surface area contributed by atoms with Crippen LogP contribution in [0.2, 0.25) is 0 Å². The first-order valence-electron chi connectivity index (χ1n) is 12.3. The van der Waals surface area contributed by atoms with Gasteiger partial charge in [-0.2, -0.15) is 0 Å². The molecule has 0 spiro atoms. The Balaban J connectivity index is 3.26. The Kier molecular flexibility index (Phi) is 23.7. The van der Waals surface area contributed by atoms with E-state index in [1.165, 1.54) is 70.6 Å². The van der Waals surface area contributed by atoms with E-state index in [9.17, 15) is 4.79 Å². The van der Waals surface area contributed by atoms with Crippen LogP contribution in [0, 0.1) is 5.92 Å². The topological polar surface area (TPSA) is 66.0 Å². The van der Waals surface area contributed by atoms with Crippen molar-refractivity contribution in [1.82, 2.24) is 5.32 Å². The maximum atomic E-state index is 11.6. The molecule has 6 heteroatoms. The smallest absolute Gasteiger partial charge is 0.407 e. The number of carbonyl (C=O) groups excluding carboxylic acids is 1. The predicted molar refractivity (Wildman–Crippen MR) is 123 cm³/mol. The number of ether oxygens (including phenoxy) is 4. The van der Waals surface area contributed by atoms with Gasteiger partial charge in [0.05, 0.1) is 33.0 Å². The molecule has 30 heavy (non-hydrogen) atoms. The Morgan fingerprint density at radius 3 is 1.93 bits per heavy atom. The highest BCUT2D eigenvalue weighted by Crippen LogP contribution is 2.12. The van der Waals surface area contributed by atoms with Crippen molar-refractivity contribution < 1.29 is 23.7 Å². The lowest BCUT2D eigenvalue weighted by atomic mass is 10.1. The third kappa shape index (κ3) is 23.4. The summed E-state index contributed by atoms with van der Waals surface area (Å²) in [7, 11) is 1.63. The quantitative estimate of drug-likeness (QED) is 0.209. The van der Waals surface area contributed by atoms with Crippen LogP contribution in [0.3, 0.4) is 0 Å². The Bertz CT molecular complexity index is 354. The van der Waals surface area contributed by atoms with Crippen LogP contribution in [0.5, 0.6) is 0 Å². The van der Waals surface area contributed by atoms with Crippen LogP contribution >= 0.6 is 0 Å². The zero-order valence-electron chi connectivity index (χ0n) is 20.1. The molecule has 0 fully saturated rings. The summed E-state index contributed by atoms with van der Waals surface area (Å²) in [6, 6.07) is 0. The minimum Gasteiger partial charge on any atom is -0.449 e. The van der Waals surface area contributed by atoms with Crippen molar-refractivity contribution in [2.45, 2.75) is 90.9 Å². The summed E-state index contributed by atoms with van der Waals surface area (Å²) in [4.78, 5) is 11.6. The van der Waals surface area contributed by atoms with E-state index in [1.807, 2.05) is 6.92 Å². The average molecular weight is 432 g/mol. The molecule has 0 aromatic rings. The molecular weight excluding hydrogens is 382 g/mol. The van der Waals surface area contributed by atoms with Gasteiger partial charge in [-0.3, -0.25) is 0 Å². The maximum absolute atomic E-state index is 11.6. The van der Waals surface area contributed by atoms with Crippen LogP contribution in [0.4, 0.5) is 4.79 Å². The first-order valence-corrected chi connectivity index (χ1v) is 12.3. The van der Waals surface area contributed by atoms with E-state index >= 15 is 0 Å². The Hall–Kier alpha value is -0.850. The second kappa shape index (κ2) is 24.4. The molecule has 180 valence electrons. The molecule has 0 aliphatic heterocycles. The van der Waals surface area contributed by atoms with Gasteiger partial charge in [0, 0.05) is 26.2 Å². The van der Waals surface area contributed by atoms with Gasteiger partial charge in [0.15, 0.2) is 0 Å². The molecule has 0 aliphatic carbocycles. The molecule has 1 amide bonds. The molecule has 0 rings (SSSR count). The molecule has 0 aromatic heterocycles. The summed E-state index contributed by atoms with van der Waals surface area (Å²) in [5.74, 6) is 0.200. The molecule has 0 saturated carbocycles. The summed E-state index contributed by atoms with van der Waals surface area (Å²) in [5, 5.41) is 2.67. The van der Waals surface area contributed by atoms with E-state index in [4.69, 9.17) is 18.9 Å². The molecular formula is C24H49NO5. The molecule has 6 nitrogen and oxygen atoms in total. The average Bonchev–Trinajstić information content (AvgIpc) is 2.75. The molecule has 0 bridgehead atoms. The molecule has 0 saturated heterocycles. The summed E-state index contributed by atoms with van der Waals surface area (Å²) in [6.45, 7) is 8.08. The SMILES string of the molecule is CCCCCCCCCCCCCCOCC(C)COC(=O)NCCOCCOC. The van der Waals surface area contributed by atoms with Gasteiger partial charge < -0.3 is 24.3 Å². The van der Waals surface area contributed by atoms with Gasteiger partial charge in [-0.25, -0.2) is 4.79 Å². The van der Waals surface area contributed by atoms with Crippen molar-refractivity contribution in [3.05, 3.63) is 0 Å². The lowest BCUT2D eigenvalue weighted by molar-refractivity contribution is 0.0600. The van der Waals surface area contributed by atoms with E-state index in [0.29, 0.717) is 39.6 Å². The van der Waals surface area contributed by atoms with E-state index in [1.54, 1.807) is 7.11 Å². The van der Waals surface area contributed by atoms with Gasteiger partial charge in [0.2, 0.25) is 0 Å². The first kappa shape index (κ1) is 29.1. The minimum atomic E-state index is -0.404. The number of unbranched alkanes of at least 4 members (excludes halogenated alkanes) is 11. The van der Waals surface area contributed by atoms with Crippen LogP contribution in [0.15, 0.2) is 0 Å². The van der Waals surface area contributed by atoms with Gasteiger partial charge in [-0.15, -0.1) is 0 Å². The number of hydrogen-bond donors (Lipinski definition) is 1. The summed E-state index contributed by atoms with van der Waals surface area (Å²) in [6.07, 6.45) is 15.8. The number of amides is 1. The summed E-state index contributed by atoms with van der Waals surface area (Å²) < 4.78 is 21.0. The number of methoxy groups -OCH3 is 1. The van der Waals surface area contributed by atoms with Crippen molar-refractivity contribution in [1.29, 1.82) is 0 Å². The second-order valence-corrected chi connectivity index (χ2v) is 8.20. The molecule has 0 aromatic carbocycles. The zero-order chi connectivity index (χ0) is 22.1. The highest BCUT2D eigenvalue weighted by atomic mass is 16.6. The largest absolute Gasteiger partial charge is 0.449 e. The molecule has 1 unspecified atom stereocenters. The summed E-state index contributed by atoms with van der Waals surface area (Å²) >= 11 is 0. The van der Waals surface area contributed by atoms with Crippen molar-refractivity contribution >= 4 is 6.09 Å². The first-order chi connectivity index (χ1) is 14.7. The number of hydrogen-bond acceptors (Lipinski definition) is 5. The van der Waals surface area contributed by atoms with Gasteiger partial charge in [0.1, 0.15) is 0 Å². The van der Waals surface area contributed by atoms with E-state index in [-0.39, 0.29) is 5.92 Å². The minimum absolute atomic E-state index is 0.200. The molecule has 0 radical (unpaired) electrons. The van der Waals surface area contributed by atoms with Crippen molar-refractivity contribution in [2.24, 2.45) is 5.92 Å².